The molecule has 5 nitrogen and oxygen atoms in total. The molecule has 2 heterocycles. The number of nitrogens with one attached hydrogen (secondary N) is 2. The van der Waals surface area contributed by atoms with Crippen LogP contribution in [-0.4, -0.2) is 15.0 Å². The van der Waals surface area contributed by atoms with E-state index in [0.717, 1.165) is 10.0 Å². The summed E-state index contributed by atoms with van der Waals surface area (Å²) in [6.07, 6.45) is 5.13. The van der Waals surface area contributed by atoms with Gasteiger partial charge in [-0.25, -0.2) is 9.37 Å². The van der Waals surface area contributed by atoms with Crippen molar-refractivity contribution in [2.24, 2.45) is 0 Å². The van der Waals surface area contributed by atoms with Gasteiger partial charge in [0, 0.05) is 30.8 Å². The van der Waals surface area contributed by atoms with E-state index in [2.05, 4.69) is 41.5 Å². The van der Waals surface area contributed by atoms with Crippen molar-refractivity contribution in [3.8, 4) is 0 Å². The van der Waals surface area contributed by atoms with Gasteiger partial charge < -0.3 is 10.6 Å². The van der Waals surface area contributed by atoms with Gasteiger partial charge in [-0.1, -0.05) is 17.7 Å². The molecule has 0 aliphatic carbocycles. The average molecular weight is 445 g/mol. The molecule has 130 valence electrons. The minimum Gasteiger partial charge on any atom is -0.365 e. The number of rotatable bonds is 5. The summed E-state index contributed by atoms with van der Waals surface area (Å²) in [6, 6.07) is 8.16. The molecule has 0 aliphatic heterocycles. The smallest absolute Gasteiger partial charge is 0.229 e. The summed E-state index contributed by atoms with van der Waals surface area (Å²) in [5.41, 5.74) is 1.63. The quantitative estimate of drug-likeness (QED) is 0.565. The fraction of sp³-hybridized carbons (Fsp3) is 0.0625. The fourth-order valence-corrected chi connectivity index (χ4v) is 2.45. The van der Waals surface area contributed by atoms with Crippen LogP contribution in [-0.2, 0) is 6.54 Å². The lowest BCUT2D eigenvalue weighted by molar-refractivity contribution is 0.628. The van der Waals surface area contributed by atoms with Crippen molar-refractivity contribution in [3.63, 3.8) is 0 Å². The van der Waals surface area contributed by atoms with Crippen molar-refractivity contribution in [2.45, 2.75) is 6.54 Å². The number of hydrogen-bond donors (Lipinski definition) is 2. The maximum atomic E-state index is 13.2. The van der Waals surface area contributed by atoms with Crippen molar-refractivity contribution in [2.75, 3.05) is 10.6 Å². The molecule has 0 radical (unpaired) electrons. The highest BCUT2D eigenvalue weighted by Gasteiger charge is 2.07. The highest BCUT2D eigenvalue weighted by Crippen LogP contribution is 2.24. The highest BCUT2D eigenvalue weighted by molar-refractivity contribution is 9.10. The summed E-state index contributed by atoms with van der Waals surface area (Å²) >= 11 is 9.18. The van der Waals surface area contributed by atoms with Crippen molar-refractivity contribution in [1.29, 1.82) is 0 Å². The van der Waals surface area contributed by atoms with Crippen LogP contribution in [0.25, 0.3) is 0 Å². The molecule has 2 aromatic heterocycles. The molecule has 0 saturated carbocycles. The average Bonchev–Trinajstić information content (AvgIpc) is 2.59. The minimum absolute atomic E-state index is 0. The lowest BCUT2D eigenvalue weighted by Crippen LogP contribution is -2.05. The summed E-state index contributed by atoms with van der Waals surface area (Å²) in [7, 11) is 0. The molecule has 0 amide bonds. The third kappa shape index (κ3) is 5.26. The van der Waals surface area contributed by atoms with Crippen molar-refractivity contribution in [3.05, 3.63) is 69.8 Å². The van der Waals surface area contributed by atoms with Crippen molar-refractivity contribution < 1.29 is 4.39 Å². The second kappa shape index (κ2) is 8.94. The number of hydrogen-bond acceptors (Lipinski definition) is 5. The van der Waals surface area contributed by atoms with Crippen LogP contribution >= 0.6 is 39.9 Å². The predicted octanol–water partition coefficient (Wildman–Crippen LogP) is 5.20. The van der Waals surface area contributed by atoms with Crippen LogP contribution in [0, 0.1) is 5.82 Å². The largest absolute Gasteiger partial charge is 0.365 e. The molecule has 2 N–H and O–H groups in total. The number of benzene rings is 1. The van der Waals surface area contributed by atoms with Crippen LogP contribution in [0.15, 0.2) is 53.4 Å². The summed E-state index contributed by atoms with van der Waals surface area (Å²) in [4.78, 5) is 12.6. The van der Waals surface area contributed by atoms with Crippen LogP contribution in [0.5, 0.6) is 0 Å². The van der Waals surface area contributed by atoms with Gasteiger partial charge in [0.05, 0.1) is 9.50 Å². The molecular weight excluding hydrogens is 432 g/mol. The first-order valence-corrected chi connectivity index (χ1v) is 8.16. The first-order chi connectivity index (χ1) is 11.6. The zero-order valence-corrected chi connectivity index (χ0v) is 15.9. The third-order valence-corrected chi connectivity index (χ3v) is 3.97. The van der Waals surface area contributed by atoms with Crippen LogP contribution < -0.4 is 10.6 Å². The SMILES string of the molecule is Cl.Fc1ccc(Nc2ncc(Br)c(NCc3cccnc3)n2)cc1Cl. The van der Waals surface area contributed by atoms with E-state index >= 15 is 0 Å². The molecule has 3 aromatic rings. The summed E-state index contributed by atoms with van der Waals surface area (Å²) in [5.74, 6) is 0.525. The summed E-state index contributed by atoms with van der Waals surface area (Å²) in [5, 5.41) is 6.24. The molecule has 0 aliphatic rings. The van der Waals surface area contributed by atoms with Gasteiger partial charge in [-0.05, 0) is 45.8 Å². The molecule has 25 heavy (non-hydrogen) atoms. The lowest BCUT2D eigenvalue weighted by Gasteiger charge is -2.10. The van der Waals surface area contributed by atoms with Gasteiger partial charge in [0.2, 0.25) is 5.95 Å². The number of pyridine rings is 1. The molecule has 1 aromatic carbocycles. The molecule has 0 saturated heterocycles. The maximum Gasteiger partial charge on any atom is 0.229 e. The van der Waals surface area contributed by atoms with Crippen molar-refractivity contribution in [1.82, 2.24) is 15.0 Å². The Labute approximate surface area is 163 Å². The highest BCUT2D eigenvalue weighted by atomic mass is 79.9. The standard InChI is InChI=1S/C16H12BrClFN5.ClH/c17-12-9-22-16(23-11-3-4-14(19)13(18)6-11)24-15(12)21-8-10-2-1-5-20-7-10;/h1-7,9H,8H2,(H2,21,22,23,24);1H. The molecular formula is C16H13BrCl2FN5. The van der Waals surface area contributed by atoms with Gasteiger partial charge in [0.1, 0.15) is 11.6 Å². The van der Waals surface area contributed by atoms with E-state index in [9.17, 15) is 4.39 Å². The van der Waals surface area contributed by atoms with Crippen LogP contribution in [0.1, 0.15) is 5.56 Å². The number of anilines is 3. The zero-order chi connectivity index (χ0) is 16.9. The molecule has 0 bridgehead atoms. The number of aromatic nitrogens is 3. The second-order valence-corrected chi connectivity index (χ2v) is 6.12. The Bertz CT molecular complexity index is 851. The summed E-state index contributed by atoms with van der Waals surface area (Å²) < 4.78 is 13.9. The second-order valence-electron chi connectivity index (χ2n) is 4.86. The Kier molecular flexibility index (Phi) is 6.92. The Morgan fingerprint density at radius 2 is 2.04 bits per heavy atom. The van der Waals surface area contributed by atoms with Gasteiger partial charge in [0.25, 0.3) is 0 Å². The number of nitrogens with zero attached hydrogens (tertiary/aromatic N) is 3. The van der Waals surface area contributed by atoms with Crippen LogP contribution in [0.3, 0.4) is 0 Å². The van der Waals surface area contributed by atoms with Gasteiger partial charge >= 0.3 is 0 Å². The van der Waals surface area contributed by atoms with Gasteiger partial charge in [-0.15, -0.1) is 12.4 Å². The van der Waals surface area contributed by atoms with E-state index < -0.39 is 5.82 Å². The molecule has 0 spiro atoms. The Morgan fingerprint density at radius 3 is 2.76 bits per heavy atom. The fourth-order valence-electron chi connectivity index (χ4n) is 1.94. The van der Waals surface area contributed by atoms with E-state index in [-0.39, 0.29) is 17.4 Å². The molecule has 9 heteroatoms. The van der Waals surface area contributed by atoms with Crippen LogP contribution in [0.2, 0.25) is 5.02 Å². The van der Waals surface area contributed by atoms with Gasteiger partial charge in [-0.3, -0.25) is 4.98 Å². The third-order valence-electron chi connectivity index (χ3n) is 3.10. The van der Waals surface area contributed by atoms with E-state index in [1.807, 2.05) is 12.1 Å². The zero-order valence-electron chi connectivity index (χ0n) is 12.7. The van der Waals surface area contributed by atoms with Crippen molar-refractivity contribution >= 4 is 57.4 Å². The first-order valence-electron chi connectivity index (χ1n) is 6.99. The molecule has 0 fully saturated rings. The van der Waals surface area contributed by atoms with Gasteiger partial charge in [-0.2, -0.15) is 4.98 Å². The number of halogens is 4. The van der Waals surface area contributed by atoms with E-state index in [4.69, 9.17) is 11.6 Å². The Morgan fingerprint density at radius 1 is 1.20 bits per heavy atom. The maximum absolute atomic E-state index is 13.2. The molecule has 3 rings (SSSR count). The lowest BCUT2D eigenvalue weighted by atomic mass is 10.3. The topological polar surface area (TPSA) is 62.7 Å². The Balaban J connectivity index is 0.00000225. The predicted molar refractivity (Wildman–Crippen MR) is 103 cm³/mol. The van der Waals surface area contributed by atoms with E-state index in [1.54, 1.807) is 24.7 Å². The summed E-state index contributed by atoms with van der Waals surface area (Å²) in [6.45, 7) is 0.575. The van der Waals surface area contributed by atoms with E-state index in [0.29, 0.717) is 24.0 Å². The van der Waals surface area contributed by atoms with Crippen LogP contribution in [0.4, 0.5) is 21.8 Å². The van der Waals surface area contributed by atoms with E-state index in [1.165, 1.54) is 12.1 Å². The molecule has 0 unspecified atom stereocenters. The Hall–Kier alpha value is -1.96. The minimum atomic E-state index is -0.474. The van der Waals surface area contributed by atoms with Gasteiger partial charge in [0.15, 0.2) is 0 Å². The first kappa shape index (κ1) is 19.4. The normalized spacial score (nSPS) is 10.0. The monoisotopic (exact) mass is 443 g/mol. The molecule has 0 atom stereocenters.